The molecule has 0 aliphatic carbocycles. The van der Waals surface area contributed by atoms with E-state index in [2.05, 4.69) is 16.6 Å². The molecule has 0 spiro atoms. The number of halogens is 2. The summed E-state index contributed by atoms with van der Waals surface area (Å²) in [7, 11) is -1.67. The van der Waals surface area contributed by atoms with E-state index in [9.17, 15) is 9.00 Å². The zero-order valence-corrected chi connectivity index (χ0v) is 17.9. The Kier molecular flexibility index (Phi) is 6.06. The van der Waals surface area contributed by atoms with Crippen LogP contribution in [0.25, 0.3) is 6.08 Å². The second-order valence-electron chi connectivity index (χ2n) is 6.61. The van der Waals surface area contributed by atoms with Crippen LogP contribution in [-0.4, -0.2) is 9.99 Å². The second-order valence-corrected chi connectivity index (χ2v) is 8.60. The van der Waals surface area contributed by atoms with Crippen LogP contribution >= 0.6 is 23.2 Å². The maximum Gasteiger partial charge on any atom is 0.205 e. The van der Waals surface area contributed by atoms with Gasteiger partial charge in [-0.25, -0.2) is 4.21 Å². The Morgan fingerprint density at radius 2 is 1.77 bits per heavy atom. The first-order valence-corrected chi connectivity index (χ1v) is 11.0. The van der Waals surface area contributed by atoms with Crippen LogP contribution < -0.4 is 4.72 Å². The van der Waals surface area contributed by atoms with Gasteiger partial charge in [-0.3, -0.25) is 4.79 Å². The van der Waals surface area contributed by atoms with E-state index in [1.165, 1.54) is 0 Å². The number of Topliss-reactive ketones (excluding diaryl/α,β-unsaturated/α-hetero) is 1. The number of anilines is 1. The Morgan fingerprint density at radius 3 is 2.53 bits per heavy atom. The summed E-state index contributed by atoms with van der Waals surface area (Å²) in [5.41, 5.74) is 3.46. The molecule has 1 N–H and O–H groups in total. The maximum absolute atomic E-state index is 13.0. The van der Waals surface area contributed by atoms with E-state index in [0.717, 1.165) is 11.1 Å². The van der Waals surface area contributed by atoms with Gasteiger partial charge in [0.05, 0.1) is 15.7 Å². The summed E-state index contributed by atoms with van der Waals surface area (Å²) in [6.07, 6.45) is 2.18. The predicted octanol–water partition coefficient (Wildman–Crippen LogP) is 5.90. The van der Waals surface area contributed by atoms with Gasteiger partial charge in [-0.1, -0.05) is 71.4 Å². The minimum absolute atomic E-state index is 0.148. The Bertz CT molecular complexity index is 1260. The summed E-state index contributed by atoms with van der Waals surface area (Å²) in [5.74, 6) is 5.92. The first-order valence-electron chi connectivity index (χ1n) is 9.08. The first-order chi connectivity index (χ1) is 14.5. The fourth-order valence-electron chi connectivity index (χ4n) is 2.99. The average Bonchev–Trinajstić information content (AvgIpc) is 2.75. The molecule has 30 heavy (non-hydrogen) atoms. The average molecular weight is 452 g/mol. The van der Waals surface area contributed by atoms with Crippen molar-refractivity contribution in [3.63, 3.8) is 0 Å². The van der Waals surface area contributed by atoms with Gasteiger partial charge in [0.1, 0.15) is 4.91 Å². The molecule has 0 radical (unpaired) electrons. The third-order valence-corrected chi connectivity index (χ3v) is 6.35. The molecule has 0 saturated carbocycles. The molecule has 1 unspecified atom stereocenters. The zero-order valence-electron chi connectivity index (χ0n) is 15.6. The largest absolute Gasteiger partial charge is 0.300 e. The minimum Gasteiger partial charge on any atom is -0.300 e. The molecule has 6 heteroatoms. The van der Waals surface area contributed by atoms with Crippen LogP contribution in [0.15, 0.2) is 71.6 Å². The molecule has 0 aromatic heterocycles. The molecule has 148 valence electrons. The van der Waals surface area contributed by atoms with Crippen molar-refractivity contribution in [3.05, 3.63) is 104 Å². The Labute approximate surface area is 187 Å². The number of hydrogen-bond donors (Lipinski definition) is 1. The summed E-state index contributed by atoms with van der Waals surface area (Å²) in [6.45, 7) is 0. The van der Waals surface area contributed by atoms with Gasteiger partial charge < -0.3 is 4.72 Å². The molecule has 1 aliphatic heterocycles. The van der Waals surface area contributed by atoms with Gasteiger partial charge >= 0.3 is 0 Å². The number of allylic oxidation sites excluding steroid dienone is 1. The van der Waals surface area contributed by atoms with Crippen molar-refractivity contribution in [1.29, 1.82) is 0 Å². The lowest BCUT2D eigenvalue weighted by Crippen LogP contribution is -2.22. The highest BCUT2D eigenvalue weighted by molar-refractivity contribution is 7.91. The molecule has 0 bridgehead atoms. The number of benzene rings is 3. The van der Waals surface area contributed by atoms with Gasteiger partial charge in [0, 0.05) is 17.5 Å². The topological polar surface area (TPSA) is 46.2 Å². The lowest BCUT2D eigenvalue weighted by molar-refractivity contribution is 0.104. The van der Waals surface area contributed by atoms with Crippen LogP contribution in [-0.2, 0) is 17.4 Å². The fraction of sp³-hybridized carbons (Fsp3) is 0.0417. The summed E-state index contributed by atoms with van der Waals surface area (Å²) in [4.78, 5) is 13.2. The lowest BCUT2D eigenvalue weighted by Gasteiger charge is -2.19. The van der Waals surface area contributed by atoms with Crippen LogP contribution in [0.4, 0.5) is 5.69 Å². The summed E-state index contributed by atoms with van der Waals surface area (Å²) in [6, 6.07) is 20.2. The van der Waals surface area contributed by atoms with E-state index >= 15 is 0 Å². The van der Waals surface area contributed by atoms with Crippen LogP contribution in [0.5, 0.6) is 0 Å². The Morgan fingerprint density at radius 1 is 0.967 bits per heavy atom. The zero-order chi connectivity index (χ0) is 21.1. The minimum atomic E-state index is -1.67. The maximum atomic E-state index is 13.0. The van der Waals surface area contributed by atoms with Gasteiger partial charge in [-0.05, 0) is 47.5 Å². The molecular formula is C24H15Cl2NO2S. The number of rotatable bonds is 2. The van der Waals surface area contributed by atoms with E-state index < -0.39 is 11.0 Å². The second kappa shape index (κ2) is 8.89. The van der Waals surface area contributed by atoms with E-state index in [1.54, 1.807) is 36.4 Å². The van der Waals surface area contributed by atoms with E-state index in [-0.39, 0.29) is 10.7 Å². The fourth-order valence-corrected chi connectivity index (χ4v) is 4.30. The van der Waals surface area contributed by atoms with Crippen molar-refractivity contribution < 1.29 is 9.00 Å². The van der Waals surface area contributed by atoms with E-state index in [1.807, 2.05) is 36.4 Å². The van der Waals surface area contributed by atoms with Gasteiger partial charge in [0.2, 0.25) is 5.78 Å². The van der Waals surface area contributed by atoms with Crippen molar-refractivity contribution in [2.24, 2.45) is 0 Å². The molecule has 0 fully saturated rings. The quantitative estimate of drug-likeness (QED) is 0.389. The summed E-state index contributed by atoms with van der Waals surface area (Å²) < 4.78 is 15.4. The number of fused-ring (bicyclic) bond motifs is 1. The van der Waals surface area contributed by atoms with Crippen LogP contribution in [0.1, 0.15) is 27.0 Å². The Hall–Kier alpha value is -2.84. The smallest absolute Gasteiger partial charge is 0.205 e. The molecule has 3 aromatic rings. The van der Waals surface area contributed by atoms with Crippen molar-refractivity contribution >= 4 is 51.7 Å². The molecule has 4 rings (SSSR count). The van der Waals surface area contributed by atoms with Crippen LogP contribution in [0, 0.1) is 11.8 Å². The van der Waals surface area contributed by atoms with Crippen LogP contribution in [0.3, 0.4) is 0 Å². The number of hydrogen-bond acceptors (Lipinski definition) is 2. The lowest BCUT2D eigenvalue weighted by atomic mass is 10.0. The van der Waals surface area contributed by atoms with Crippen molar-refractivity contribution in [2.45, 2.75) is 6.42 Å². The highest BCUT2D eigenvalue weighted by Gasteiger charge is 2.27. The van der Waals surface area contributed by atoms with Gasteiger partial charge in [-0.15, -0.1) is 0 Å². The molecule has 0 amide bonds. The molecule has 1 atom stereocenters. The number of carbonyl (C=O) groups excluding carboxylic acids is 1. The van der Waals surface area contributed by atoms with Crippen molar-refractivity contribution in [3.8, 4) is 11.8 Å². The van der Waals surface area contributed by atoms with Gasteiger partial charge in [0.15, 0.2) is 11.0 Å². The monoisotopic (exact) mass is 451 g/mol. The standard InChI is InChI=1S/C24H15Cl2NO2S/c25-20-11-9-18(14-21(20)26)15-23-24(28)19-13-17(10-12-22(19)27-30(23)29)8-4-7-16-5-2-1-3-6-16/h1-3,5-6,9-15,27H,7H2/b23-15-. The van der Waals surface area contributed by atoms with Gasteiger partial charge in [-0.2, -0.15) is 0 Å². The number of carbonyl (C=O) groups is 1. The molecule has 0 saturated heterocycles. The molecular weight excluding hydrogens is 437 g/mol. The predicted molar refractivity (Wildman–Crippen MR) is 124 cm³/mol. The van der Waals surface area contributed by atoms with E-state index in [4.69, 9.17) is 23.2 Å². The number of ketones is 1. The third kappa shape index (κ3) is 4.49. The normalized spacial score (nSPS) is 16.4. The summed E-state index contributed by atoms with van der Waals surface area (Å²) >= 11 is 12.0. The highest BCUT2D eigenvalue weighted by Crippen LogP contribution is 2.30. The first kappa shape index (κ1) is 20.4. The van der Waals surface area contributed by atoms with Crippen molar-refractivity contribution in [2.75, 3.05) is 4.72 Å². The summed E-state index contributed by atoms with van der Waals surface area (Å²) in [5, 5.41) is 0.779. The molecule has 1 aliphatic rings. The van der Waals surface area contributed by atoms with Gasteiger partial charge in [0.25, 0.3) is 0 Å². The molecule has 3 aromatic carbocycles. The Balaban J connectivity index is 1.62. The van der Waals surface area contributed by atoms with Crippen LogP contribution in [0.2, 0.25) is 10.0 Å². The molecule has 3 nitrogen and oxygen atoms in total. The molecule has 1 heterocycles. The van der Waals surface area contributed by atoms with Crippen molar-refractivity contribution in [1.82, 2.24) is 0 Å². The third-order valence-electron chi connectivity index (χ3n) is 4.50. The SMILES string of the molecule is O=C1/C(=C/c2ccc(Cl)c(Cl)c2)S(=O)Nc2ccc(C#CCc3ccccc3)cc21. The number of nitrogens with one attached hydrogen (secondary N) is 1. The van der Waals surface area contributed by atoms with E-state index in [0.29, 0.717) is 33.3 Å². The highest BCUT2D eigenvalue weighted by atomic mass is 35.5.